The molecule has 5 atom stereocenters. The lowest BCUT2D eigenvalue weighted by Gasteiger charge is -2.22. The summed E-state index contributed by atoms with van der Waals surface area (Å²) in [6.07, 6.45) is -1.34. The van der Waals surface area contributed by atoms with Crippen LogP contribution in [0, 0.1) is 0 Å². The van der Waals surface area contributed by atoms with Crippen molar-refractivity contribution >= 4 is 23.7 Å². The SMILES string of the molecule is CC(N)C(=O)NC(CO)C(=O)NC(C)C(=O)NC(C(=O)O)C(C)O. The van der Waals surface area contributed by atoms with Gasteiger partial charge in [-0.15, -0.1) is 0 Å². The molecule has 138 valence electrons. The van der Waals surface area contributed by atoms with Crippen LogP contribution in [0.1, 0.15) is 20.8 Å². The molecule has 5 unspecified atom stereocenters. The van der Waals surface area contributed by atoms with E-state index in [0.717, 1.165) is 0 Å². The summed E-state index contributed by atoms with van der Waals surface area (Å²) in [5.41, 5.74) is 5.33. The summed E-state index contributed by atoms with van der Waals surface area (Å²) < 4.78 is 0. The van der Waals surface area contributed by atoms with E-state index in [1.165, 1.54) is 20.8 Å². The average Bonchev–Trinajstić information content (AvgIpc) is 2.48. The van der Waals surface area contributed by atoms with Gasteiger partial charge in [-0.1, -0.05) is 0 Å². The van der Waals surface area contributed by atoms with Crippen molar-refractivity contribution < 1.29 is 34.5 Å². The van der Waals surface area contributed by atoms with Gasteiger partial charge < -0.3 is 37.0 Å². The number of aliphatic carboxylic acids is 1. The maximum atomic E-state index is 11.9. The highest BCUT2D eigenvalue weighted by molar-refractivity contribution is 5.93. The van der Waals surface area contributed by atoms with Gasteiger partial charge in [0.1, 0.15) is 12.1 Å². The number of carbonyl (C=O) groups is 4. The molecule has 0 fully saturated rings. The van der Waals surface area contributed by atoms with Gasteiger partial charge in [0.2, 0.25) is 17.7 Å². The summed E-state index contributed by atoms with van der Waals surface area (Å²) in [6, 6.07) is -4.91. The van der Waals surface area contributed by atoms with Crippen LogP contribution in [0.25, 0.3) is 0 Å². The molecule has 0 bridgehead atoms. The molecular weight excluding hydrogens is 324 g/mol. The third-order valence-electron chi connectivity index (χ3n) is 3.03. The fourth-order valence-corrected chi connectivity index (χ4v) is 1.54. The largest absolute Gasteiger partial charge is 0.480 e. The molecule has 24 heavy (non-hydrogen) atoms. The van der Waals surface area contributed by atoms with Crippen LogP contribution in [0.4, 0.5) is 0 Å². The Morgan fingerprint density at radius 3 is 1.88 bits per heavy atom. The zero-order chi connectivity index (χ0) is 19.0. The Labute approximate surface area is 138 Å². The van der Waals surface area contributed by atoms with E-state index >= 15 is 0 Å². The topological polar surface area (TPSA) is 191 Å². The van der Waals surface area contributed by atoms with Crippen molar-refractivity contribution in [3.63, 3.8) is 0 Å². The fourth-order valence-electron chi connectivity index (χ4n) is 1.54. The first-order valence-corrected chi connectivity index (χ1v) is 7.19. The Bertz CT molecular complexity index is 481. The standard InChI is InChI=1S/C13H24N4O7/c1-5(14)10(20)16-8(4-18)12(22)15-6(2)11(21)17-9(7(3)19)13(23)24/h5-9,18-19H,4,14H2,1-3H3,(H,15,22)(H,16,20)(H,17,21)(H,23,24). The zero-order valence-corrected chi connectivity index (χ0v) is 13.6. The Hall–Kier alpha value is -2.24. The van der Waals surface area contributed by atoms with Crippen LogP contribution in [-0.4, -0.2) is 75.9 Å². The molecule has 0 saturated carbocycles. The predicted molar refractivity (Wildman–Crippen MR) is 81.5 cm³/mol. The van der Waals surface area contributed by atoms with Crippen LogP contribution in [0.15, 0.2) is 0 Å². The highest BCUT2D eigenvalue weighted by atomic mass is 16.4. The first kappa shape index (κ1) is 21.8. The van der Waals surface area contributed by atoms with Gasteiger partial charge in [-0.05, 0) is 20.8 Å². The number of aliphatic hydroxyl groups excluding tert-OH is 2. The number of hydrogen-bond acceptors (Lipinski definition) is 7. The molecule has 0 aromatic rings. The minimum atomic E-state index is -1.54. The van der Waals surface area contributed by atoms with Crippen molar-refractivity contribution in [1.29, 1.82) is 0 Å². The molecule has 0 heterocycles. The molecule has 0 spiro atoms. The van der Waals surface area contributed by atoms with Crippen molar-refractivity contribution in [2.75, 3.05) is 6.61 Å². The number of aliphatic hydroxyl groups is 2. The lowest BCUT2D eigenvalue weighted by atomic mass is 10.1. The number of nitrogens with one attached hydrogen (secondary N) is 3. The normalized spacial score (nSPS) is 16.9. The predicted octanol–water partition coefficient (Wildman–Crippen LogP) is -3.73. The lowest BCUT2D eigenvalue weighted by molar-refractivity contribution is -0.145. The van der Waals surface area contributed by atoms with Crippen LogP contribution in [-0.2, 0) is 19.2 Å². The lowest BCUT2D eigenvalue weighted by Crippen LogP contribution is -2.58. The van der Waals surface area contributed by atoms with Crippen molar-refractivity contribution in [1.82, 2.24) is 16.0 Å². The van der Waals surface area contributed by atoms with Crippen molar-refractivity contribution in [3.8, 4) is 0 Å². The van der Waals surface area contributed by atoms with Gasteiger partial charge in [0.25, 0.3) is 0 Å². The van der Waals surface area contributed by atoms with E-state index in [2.05, 4.69) is 16.0 Å². The van der Waals surface area contributed by atoms with Crippen molar-refractivity contribution in [2.24, 2.45) is 5.73 Å². The second kappa shape index (κ2) is 9.80. The molecule has 11 heteroatoms. The molecule has 8 N–H and O–H groups in total. The van der Waals surface area contributed by atoms with Gasteiger partial charge in [-0.2, -0.15) is 0 Å². The van der Waals surface area contributed by atoms with E-state index < -0.39 is 60.6 Å². The summed E-state index contributed by atoms with van der Waals surface area (Å²) in [6.45, 7) is 3.13. The summed E-state index contributed by atoms with van der Waals surface area (Å²) in [5.74, 6) is -3.81. The van der Waals surface area contributed by atoms with E-state index in [1.807, 2.05) is 0 Å². The number of nitrogens with two attached hydrogens (primary N) is 1. The Kier molecular flexibility index (Phi) is 8.89. The number of carbonyl (C=O) groups excluding carboxylic acids is 3. The van der Waals surface area contributed by atoms with Gasteiger partial charge in [0.15, 0.2) is 6.04 Å². The van der Waals surface area contributed by atoms with Crippen LogP contribution in [0.5, 0.6) is 0 Å². The summed E-state index contributed by atoms with van der Waals surface area (Å²) in [4.78, 5) is 46.1. The molecule has 0 radical (unpaired) electrons. The maximum Gasteiger partial charge on any atom is 0.328 e. The highest BCUT2D eigenvalue weighted by Gasteiger charge is 2.29. The molecule has 0 rings (SSSR count). The minimum Gasteiger partial charge on any atom is -0.480 e. The first-order valence-electron chi connectivity index (χ1n) is 7.19. The van der Waals surface area contributed by atoms with Gasteiger partial charge in [-0.3, -0.25) is 14.4 Å². The van der Waals surface area contributed by atoms with Crippen LogP contribution < -0.4 is 21.7 Å². The zero-order valence-electron chi connectivity index (χ0n) is 13.6. The third kappa shape index (κ3) is 6.89. The van der Waals surface area contributed by atoms with E-state index in [4.69, 9.17) is 15.9 Å². The Balaban J connectivity index is 4.74. The highest BCUT2D eigenvalue weighted by Crippen LogP contribution is 1.96. The average molecular weight is 348 g/mol. The molecule has 0 saturated heterocycles. The van der Waals surface area contributed by atoms with E-state index in [9.17, 15) is 24.3 Å². The summed E-state index contributed by atoms with van der Waals surface area (Å²) >= 11 is 0. The molecule has 3 amide bonds. The molecule has 0 aromatic heterocycles. The smallest absolute Gasteiger partial charge is 0.328 e. The van der Waals surface area contributed by atoms with Crippen molar-refractivity contribution in [2.45, 2.75) is 51.0 Å². The van der Waals surface area contributed by atoms with E-state index in [-0.39, 0.29) is 0 Å². The number of amides is 3. The monoisotopic (exact) mass is 348 g/mol. The molecule has 0 aliphatic rings. The van der Waals surface area contributed by atoms with Gasteiger partial charge in [0, 0.05) is 0 Å². The van der Waals surface area contributed by atoms with Gasteiger partial charge in [-0.25, -0.2) is 4.79 Å². The molecule has 0 aliphatic carbocycles. The molecular formula is C13H24N4O7. The number of carboxylic acid groups (broad SMARTS) is 1. The third-order valence-corrected chi connectivity index (χ3v) is 3.03. The second-order valence-electron chi connectivity index (χ2n) is 5.33. The van der Waals surface area contributed by atoms with Gasteiger partial charge >= 0.3 is 5.97 Å². The Morgan fingerprint density at radius 1 is 0.958 bits per heavy atom. The van der Waals surface area contributed by atoms with Gasteiger partial charge in [0.05, 0.1) is 18.8 Å². The van der Waals surface area contributed by atoms with E-state index in [1.54, 1.807) is 0 Å². The summed E-state index contributed by atoms with van der Waals surface area (Å²) in [7, 11) is 0. The van der Waals surface area contributed by atoms with Crippen molar-refractivity contribution in [3.05, 3.63) is 0 Å². The quantitative estimate of drug-likeness (QED) is 0.221. The minimum absolute atomic E-state index is 0.665. The molecule has 0 aromatic carbocycles. The molecule has 0 aliphatic heterocycles. The first-order chi connectivity index (χ1) is 11.0. The van der Waals surface area contributed by atoms with E-state index in [0.29, 0.717) is 0 Å². The number of hydrogen-bond donors (Lipinski definition) is 7. The Morgan fingerprint density at radius 2 is 1.50 bits per heavy atom. The maximum absolute atomic E-state index is 11.9. The fraction of sp³-hybridized carbons (Fsp3) is 0.692. The second-order valence-corrected chi connectivity index (χ2v) is 5.33. The van der Waals surface area contributed by atoms with Crippen LogP contribution >= 0.6 is 0 Å². The molecule has 11 nitrogen and oxygen atoms in total. The van der Waals surface area contributed by atoms with Crippen LogP contribution in [0.2, 0.25) is 0 Å². The number of carboxylic acids is 1. The van der Waals surface area contributed by atoms with Crippen LogP contribution in [0.3, 0.4) is 0 Å². The summed E-state index contributed by atoms with van der Waals surface area (Å²) in [5, 5.41) is 33.8. The number of rotatable bonds is 9.